The molecule has 0 aliphatic heterocycles. The Hall–Kier alpha value is -3.07. The zero-order chi connectivity index (χ0) is 21.3. The smallest absolute Gasteiger partial charge is 0.220 e. The number of fused-ring (bicyclic) bond motifs is 3. The van der Waals surface area contributed by atoms with Gasteiger partial charge in [0.05, 0.1) is 5.52 Å². The van der Waals surface area contributed by atoms with Crippen molar-refractivity contribution in [3.63, 3.8) is 0 Å². The van der Waals surface area contributed by atoms with Crippen LogP contribution in [-0.2, 0) is 24.2 Å². The van der Waals surface area contributed by atoms with Gasteiger partial charge >= 0.3 is 0 Å². The number of rotatable bonds is 7. The SMILES string of the molecule is CCn1c(CCNC(=O)CCc2c(C)nc3c4ccccc4nn3c2C)n[nH]c1=S. The fraction of sp³-hybridized carbons (Fsp3) is 0.381. The summed E-state index contributed by atoms with van der Waals surface area (Å²) in [4.78, 5) is 17.2. The molecule has 0 spiro atoms. The number of aryl methyl sites for hydroxylation is 2. The summed E-state index contributed by atoms with van der Waals surface area (Å²) in [5.74, 6) is 0.867. The number of hydrogen-bond acceptors (Lipinski definition) is 5. The van der Waals surface area contributed by atoms with Gasteiger partial charge in [-0.1, -0.05) is 12.1 Å². The summed E-state index contributed by atoms with van der Waals surface area (Å²) in [7, 11) is 0. The number of H-pyrrole nitrogens is 1. The van der Waals surface area contributed by atoms with E-state index in [-0.39, 0.29) is 5.91 Å². The second-order valence-electron chi connectivity index (χ2n) is 7.30. The number of carbonyl (C=O) groups is 1. The van der Waals surface area contributed by atoms with Crippen molar-refractivity contribution < 1.29 is 4.79 Å². The molecular weight excluding hydrogens is 398 g/mol. The molecule has 0 saturated carbocycles. The van der Waals surface area contributed by atoms with Crippen molar-refractivity contribution in [1.82, 2.24) is 34.7 Å². The Bertz CT molecular complexity index is 1280. The first-order chi connectivity index (χ1) is 14.5. The maximum atomic E-state index is 12.4. The number of carbonyl (C=O) groups excluding carboxylic acids is 1. The average Bonchev–Trinajstić information content (AvgIpc) is 3.28. The molecule has 1 amide bonds. The van der Waals surface area contributed by atoms with Crippen LogP contribution in [0, 0.1) is 18.6 Å². The molecular formula is C21H25N7OS. The molecule has 4 rings (SSSR count). The minimum Gasteiger partial charge on any atom is -0.356 e. The van der Waals surface area contributed by atoms with E-state index in [4.69, 9.17) is 17.2 Å². The van der Waals surface area contributed by atoms with E-state index < -0.39 is 0 Å². The zero-order valence-electron chi connectivity index (χ0n) is 17.4. The average molecular weight is 424 g/mol. The molecule has 3 aromatic heterocycles. The number of nitrogens with zero attached hydrogens (tertiary/aromatic N) is 5. The molecule has 0 radical (unpaired) electrons. The first-order valence-corrected chi connectivity index (χ1v) is 10.5. The van der Waals surface area contributed by atoms with Crippen molar-refractivity contribution in [2.24, 2.45) is 0 Å². The summed E-state index contributed by atoms with van der Waals surface area (Å²) >= 11 is 5.19. The van der Waals surface area contributed by atoms with Gasteiger partial charge in [0.2, 0.25) is 5.91 Å². The number of nitrogens with one attached hydrogen (secondary N) is 2. The molecule has 30 heavy (non-hydrogen) atoms. The Morgan fingerprint density at radius 1 is 1.23 bits per heavy atom. The van der Waals surface area contributed by atoms with Crippen molar-refractivity contribution in [3.05, 3.63) is 51.8 Å². The van der Waals surface area contributed by atoms with Crippen LogP contribution in [0.4, 0.5) is 0 Å². The van der Waals surface area contributed by atoms with Crippen LogP contribution in [0.5, 0.6) is 0 Å². The molecule has 0 saturated heterocycles. The maximum absolute atomic E-state index is 12.4. The Balaban J connectivity index is 1.42. The van der Waals surface area contributed by atoms with Crippen LogP contribution in [0.2, 0.25) is 0 Å². The van der Waals surface area contributed by atoms with E-state index in [2.05, 4.69) is 20.6 Å². The summed E-state index contributed by atoms with van der Waals surface area (Å²) in [6.07, 6.45) is 1.66. The fourth-order valence-corrected chi connectivity index (χ4v) is 4.13. The third-order valence-corrected chi connectivity index (χ3v) is 5.76. The molecule has 0 unspecified atom stereocenters. The van der Waals surface area contributed by atoms with Crippen LogP contribution in [0.3, 0.4) is 0 Å². The van der Waals surface area contributed by atoms with Crippen LogP contribution in [0.15, 0.2) is 24.3 Å². The van der Waals surface area contributed by atoms with Gasteiger partial charge in [-0.3, -0.25) is 9.89 Å². The molecule has 1 aromatic carbocycles. The third kappa shape index (κ3) is 3.72. The van der Waals surface area contributed by atoms with Crippen LogP contribution in [0.1, 0.15) is 36.1 Å². The highest BCUT2D eigenvalue weighted by Gasteiger charge is 2.15. The fourth-order valence-electron chi connectivity index (χ4n) is 3.85. The summed E-state index contributed by atoms with van der Waals surface area (Å²) in [6.45, 7) is 7.34. The van der Waals surface area contributed by atoms with E-state index in [0.717, 1.165) is 45.9 Å². The monoisotopic (exact) mass is 423 g/mol. The Labute approximate surface area is 179 Å². The molecule has 0 aliphatic carbocycles. The number of benzene rings is 1. The Kier molecular flexibility index (Phi) is 5.63. The van der Waals surface area contributed by atoms with Gasteiger partial charge < -0.3 is 9.88 Å². The van der Waals surface area contributed by atoms with Gasteiger partial charge in [-0.05, 0) is 57.1 Å². The van der Waals surface area contributed by atoms with Crippen LogP contribution >= 0.6 is 12.2 Å². The third-order valence-electron chi connectivity index (χ3n) is 5.44. The van der Waals surface area contributed by atoms with Crippen molar-refractivity contribution in [2.75, 3.05) is 6.54 Å². The second kappa shape index (κ2) is 8.35. The molecule has 156 valence electrons. The summed E-state index contributed by atoms with van der Waals surface area (Å²) < 4.78 is 4.43. The topological polar surface area (TPSA) is 92.9 Å². The minimum atomic E-state index is 0.0108. The normalized spacial score (nSPS) is 11.4. The lowest BCUT2D eigenvalue weighted by Crippen LogP contribution is -2.27. The van der Waals surface area contributed by atoms with Gasteiger partial charge in [-0.15, -0.1) is 0 Å². The molecule has 8 nitrogen and oxygen atoms in total. The summed E-state index contributed by atoms with van der Waals surface area (Å²) in [5.41, 5.74) is 4.82. The summed E-state index contributed by atoms with van der Waals surface area (Å²) in [6, 6.07) is 7.99. The molecule has 0 bridgehead atoms. The van der Waals surface area contributed by atoms with Crippen molar-refractivity contribution in [3.8, 4) is 0 Å². The second-order valence-corrected chi connectivity index (χ2v) is 7.69. The van der Waals surface area contributed by atoms with Gasteiger partial charge in [0.1, 0.15) is 5.82 Å². The Morgan fingerprint density at radius 3 is 2.83 bits per heavy atom. The van der Waals surface area contributed by atoms with Crippen LogP contribution in [-0.4, -0.2) is 41.8 Å². The van der Waals surface area contributed by atoms with Crippen molar-refractivity contribution in [2.45, 2.75) is 46.6 Å². The van der Waals surface area contributed by atoms with Gasteiger partial charge in [0.15, 0.2) is 10.4 Å². The van der Waals surface area contributed by atoms with Gasteiger partial charge in [0, 0.05) is 42.7 Å². The maximum Gasteiger partial charge on any atom is 0.220 e. The lowest BCUT2D eigenvalue weighted by molar-refractivity contribution is -0.121. The number of aromatic amines is 1. The van der Waals surface area contributed by atoms with E-state index in [1.54, 1.807) is 0 Å². The quantitative estimate of drug-likeness (QED) is 0.446. The molecule has 4 aromatic rings. The molecule has 2 N–H and O–H groups in total. The molecule has 0 fully saturated rings. The minimum absolute atomic E-state index is 0.0108. The number of aromatic nitrogens is 6. The molecule has 3 heterocycles. The highest BCUT2D eigenvalue weighted by atomic mass is 32.1. The molecule has 9 heteroatoms. The van der Waals surface area contributed by atoms with Crippen molar-refractivity contribution in [1.29, 1.82) is 0 Å². The zero-order valence-corrected chi connectivity index (χ0v) is 18.2. The van der Waals surface area contributed by atoms with E-state index in [1.807, 2.05) is 54.1 Å². The largest absolute Gasteiger partial charge is 0.356 e. The van der Waals surface area contributed by atoms with Gasteiger partial charge in [0.25, 0.3) is 0 Å². The lowest BCUT2D eigenvalue weighted by Gasteiger charge is -2.11. The number of hydrogen-bond donors (Lipinski definition) is 2. The predicted molar refractivity (Wildman–Crippen MR) is 118 cm³/mol. The number of amides is 1. The Morgan fingerprint density at radius 2 is 2.03 bits per heavy atom. The highest BCUT2D eigenvalue weighted by molar-refractivity contribution is 7.71. The predicted octanol–water partition coefficient (Wildman–Crippen LogP) is 3.06. The standard InChI is InChI=1S/C21H25N7OS/c1-4-27-18(24-25-21(27)30)11-12-22-19(29)10-9-15-13(2)23-20-16-7-5-6-8-17(16)26-28(20)14(15)3/h5-8H,4,9-12H2,1-3H3,(H,22,29)(H,25,30). The summed E-state index contributed by atoms with van der Waals surface area (Å²) in [5, 5.41) is 15.7. The van der Waals surface area contributed by atoms with Crippen LogP contribution in [0.25, 0.3) is 16.6 Å². The molecule has 0 atom stereocenters. The van der Waals surface area contributed by atoms with E-state index in [0.29, 0.717) is 30.6 Å². The van der Waals surface area contributed by atoms with E-state index in [9.17, 15) is 4.79 Å². The first kappa shape index (κ1) is 20.2. The van der Waals surface area contributed by atoms with Gasteiger partial charge in [-0.25, -0.2) is 9.50 Å². The lowest BCUT2D eigenvalue weighted by atomic mass is 10.1. The van der Waals surface area contributed by atoms with E-state index >= 15 is 0 Å². The van der Waals surface area contributed by atoms with E-state index in [1.165, 1.54) is 0 Å². The van der Waals surface area contributed by atoms with Crippen molar-refractivity contribution >= 4 is 34.7 Å². The molecule has 0 aliphatic rings. The van der Waals surface area contributed by atoms with Gasteiger partial charge in [-0.2, -0.15) is 10.2 Å². The first-order valence-electron chi connectivity index (χ1n) is 10.1. The highest BCUT2D eigenvalue weighted by Crippen LogP contribution is 2.22. The van der Waals surface area contributed by atoms with Crippen LogP contribution < -0.4 is 5.32 Å².